The Morgan fingerprint density at radius 2 is 2.10 bits per heavy atom. The number of allylic oxidation sites excluding steroid dienone is 2. The van der Waals surface area contributed by atoms with Crippen LogP contribution in [0.5, 0.6) is 0 Å². The third-order valence-electron chi connectivity index (χ3n) is 1.34. The third kappa shape index (κ3) is 2.02. The van der Waals surface area contributed by atoms with Crippen molar-refractivity contribution in [1.82, 2.24) is 4.98 Å². The normalized spacial score (nSPS) is 10.5. The van der Waals surface area contributed by atoms with Crippen LogP contribution >= 0.6 is 0 Å². The van der Waals surface area contributed by atoms with Gasteiger partial charge in [-0.3, -0.25) is 4.98 Å². The molecule has 0 atom stereocenters. The van der Waals surface area contributed by atoms with Gasteiger partial charge in [-0.05, 0) is 31.0 Å². The molecule has 0 N–H and O–H groups in total. The highest BCUT2D eigenvalue weighted by molar-refractivity contribution is 5.13. The molecule has 1 rings (SSSR count). The van der Waals surface area contributed by atoms with E-state index in [0.29, 0.717) is 0 Å². The summed E-state index contributed by atoms with van der Waals surface area (Å²) in [5, 5.41) is 0. The Hall–Kier alpha value is -1.11. The topological polar surface area (TPSA) is 12.9 Å². The molecule has 1 nitrogen and oxygen atoms in total. The molecule has 0 aliphatic carbocycles. The molecule has 0 unspecified atom stereocenters. The Balaban J connectivity index is 2.59. The molecule has 0 aliphatic heterocycles. The van der Waals surface area contributed by atoms with E-state index in [1.54, 1.807) is 0 Å². The molecule has 0 aromatic carbocycles. The van der Waals surface area contributed by atoms with Gasteiger partial charge < -0.3 is 0 Å². The average molecular weight is 133 g/mol. The summed E-state index contributed by atoms with van der Waals surface area (Å²) in [6, 6.07) is 4.06. The lowest BCUT2D eigenvalue weighted by atomic mass is 10.2. The van der Waals surface area contributed by atoms with Gasteiger partial charge in [-0.1, -0.05) is 12.2 Å². The molecule has 0 saturated heterocycles. The van der Waals surface area contributed by atoms with Crippen molar-refractivity contribution in [1.29, 1.82) is 0 Å². The Kier molecular flexibility index (Phi) is 2.68. The van der Waals surface area contributed by atoms with Gasteiger partial charge in [0.1, 0.15) is 0 Å². The monoisotopic (exact) mass is 133 g/mol. The molecule has 0 radical (unpaired) electrons. The van der Waals surface area contributed by atoms with Crippen molar-refractivity contribution in [2.75, 3.05) is 0 Å². The molecule has 0 spiro atoms. The molecule has 0 bridgehead atoms. The molecular formula is C9H11N. The molecule has 52 valence electrons. The fourth-order valence-corrected chi connectivity index (χ4v) is 0.773. The number of hydrogen-bond acceptors (Lipinski definition) is 1. The van der Waals surface area contributed by atoms with Crippen LogP contribution in [-0.4, -0.2) is 4.98 Å². The fraction of sp³-hybridized carbons (Fsp3) is 0.222. The molecule has 1 aromatic rings. The maximum Gasteiger partial charge on any atom is 0.0270 e. The van der Waals surface area contributed by atoms with Gasteiger partial charge in [0.15, 0.2) is 0 Å². The summed E-state index contributed by atoms with van der Waals surface area (Å²) in [7, 11) is 0. The first-order valence-corrected chi connectivity index (χ1v) is 3.43. The van der Waals surface area contributed by atoms with Crippen molar-refractivity contribution in [3.8, 4) is 0 Å². The van der Waals surface area contributed by atoms with E-state index in [0.717, 1.165) is 6.42 Å². The van der Waals surface area contributed by atoms with E-state index in [1.807, 2.05) is 31.5 Å². The molecule has 1 heterocycles. The molecule has 0 saturated carbocycles. The Morgan fingerprint density at radius 1 is 1.40 bits per heavy atom. The van der Waals surface area contributed by atoms with E-state index >= 15 is 0 Å². The van der Waals surface area contributed by atoms with Crippen LogP contribution in [0.3, 0.4) is 0 Å². The highest BCUT2D eigenvalue weighted by Crippen LogP contribution is 1.97. The highest BCUT2D eigenvalue weighted by Gasteiger charge is 1.83. The van der Waals surface area contributed by atoms with E-state index < -0.39 is 0 Å². The molecule has 10 heavy (non-hydrogen) atoms. The second-order valence-corrected chi connectivity index (χ2v) is 2.13. The van der Waals surface area contributed by atoms with Crippen LogP contribution in [0.4, 0.5) is 0 Å². The first kappa shape index (κ1) is 7.00. The Bertz CT molecular complexity index is 201. The maximum absolute atomic E-state index is 3.93. The lowest BCUT2D eigenvalue weighted by Gasteiger charge is -1.91. The predicted octanol–water partition coefficient (Wildman–Crippen LogP) is 2.20. The minimum Gasteiger partial charge on any atom is -0.265 e. The van der Waals surface area contributed by atoms with Crippen LogP contribution < -0.4 is 0 Å². The van der Waals surface area contributed by atoms with Gasteiger partial charge in [0.05, 0.1) is 0 Å². The zero-order chi connectivity index (χ0) is 7.23. The van der Waals surface area contributed by atoms with Crippen molar-refractivity contribution < 1.29 is 0 Å². The van der Waals surface area contributed by atoms with Gasteiger partial charge in [-0.15, -0.1) is 0 Å². The van der Waals surface area contributed by atoms with E-state index in [1.165, 1.54) is 5.56 Å². The predicted molar refractivity (Wildman–Crippen MR) is 42.8 cm³/mol. The summed E-state index contributed by atoms with van der Waals surface area (Å²) in [4.78, 5) is 3.93. The third-order valence-corrected chi connectivity index (χ3v) is 1.34. The number of aromatic nitrogens is 1. The summed E-state index contributed by atoms with van der Waals surface area (Å²) in [5.41, 5.74) is 1.31. The highest BCUT2D eigenvalue weighted by atomic mass is 14.6. The van der Waals surface area contributed by atoms with Gasteiger partial charge in [-0.2, -0.15) is 0 Å². The standard InChI is InChI=1S/C9H11N/c1-2-3-4-9-5-7-10-8-6-9/h2-3,5-8H,4H2,1H3/b3-2+. The molecular weight excluding hydrogens is 122 g/mol. The minimum atomic E-state index is 1.01. The fourth-order valence-electron chi connectivity index (χ4n) is 0.773. The number of pyridine rings is 1. The van der Waals surface area contributed by atoms with Crippen LogP contribution in [0.1, 0.15) is 12.5 Å². The van der Waals surface area contributed by atoms with Crippen LogP contribution in [-0.2, 0) is 6.42 Å². The zero-order valence-electron chi connectivity index (χ0n) is 6.12. The van der Waals surface area contributed by atoms with Crippen molar-refractivity contribution in [3.63, 3.8) is 0 Å². The van der Waals surface area contributed by atoms with Crippen LogP contribution in [0, 0.1) is 0 Å². The summed E-state index contributed by atoms with van der Waals surface area (Å²) < 4.78 is 0. The van der Waals surface area contributed by atoms with Gasteiger partial charge in [0.2, 0.25) is 0 Å². The Morgan fingerprint density at radius 3 is 2.70 bits per heavy atom. The molecule has 1 heteroatoms. The van der Waals surface area contributed by atoms with Crippen LogP contribution in [0.25, 0.3) is 0 Å². The SMILES string of the molecule is C/C=C/Cc1ccncc1. The lowest BCUT2D eigenvalue weighted by Crippen LogP contribution is -1.79. The van der Waals surface area contributed by atoms with E-state index in [2.05, 4.69) is 17.1 Å². The van der Waals surface area contributed by atoms with Gasteiger partial charge in [0, 0.05) is 12.4 Å². The molecule has 1 aromatic heterocycles. The van der Waals surface area contributed by atoms with Crippen molar-refractivity contribution >= 4 is 0 Å². The second-order valence-electron chi connectivity index (χ2n) is 2.13. The maximum atomic E-state index is 3.93. The number of hydrogen-bond donors (Lipinski definition) is 0. The van der Waals surface area contributed by atoms with Gasteiger partial charge in [0.25, 0.3) is 0 Å². The van der Waals surface area contributed by atoms with Crippen molar-refractivity contribution in [2.45, 2.75) is 13.3 Å². The van der Waals surface area contributed by atoms with E-state index in [4.69, 9.17) is 0 Å². The largest absolute Gasteiger partial charge is 0.265 e. The Labute approximate surface area is 61.4 Å². The quantitative estimate of drug-likeness (QED) is 0.563. The van der Waals surface area contributed by atoms with E-state index in [-0.39, 0.29) is 0 Å². The molecule has 0 fully saturated rings. The van der Waals surface area contributed by atoms with Crippen molar-refractivity contribution in [3.05, 3.63) is 42.2 Å². The van der Waals surface area contributed by atoms with E-state index in [9.17, 15) is 0 Å². The first-order chi connectivity index (χ1) is 4.93. The number of nitrogens with zero attached hydrogens (tertiary/aromatic N) is 1. The average Bonchev–Trinajstić information content (AvgIpc) is 2.03. The minimum absolute atomic E-state index is 1.01. The molecule has 0 amide bonds. The van der Waals surface area contributed by atoms with Crippen LogP contribution in [0.2, 0.25) is 0 Å². The summed E-state index contributed by atoms with van der Waals surface area (Å²) in [6.07, 6.45) is 8.84. The first-order valence-electron chi connectivity index (χ1n) is 3.43. The smallest absolute Gasteiger partial charge is 0.0270 e. The van der Waals surface area contributed by atoms with Crippen molar-refractivity contribution in [2.24, 2.45) is 0 Å². The lowest BCUT2D eigenvalue weighted by molar-refractivity contribution is 1.21. The van der Waals surface area contributed by atoms with Gasteiger partial charge >= 0.3 is 0 Å². The number of rotatable bonds is 2. The second kappa shape index (κ2) is 3.83. The summed E-state index contributed by atoms with van der Waals surface area (Å²) >= 11 is 0. The summed E-state index contributed by atoms with van der Waals surface area (Å²) in [6.45, 7) is 2.03. The van der Waals surface area contributed by atoms with Crippen LogP contribution in [0.15, 0.2) is 36.7 Å². The zero-order valence-corrected chi connectivity index (χ0v) is 6.12. The molecule has 0 aliphatic rings. The summed E-state index contributed by atoms with van der Waals surface area (Å²) in [5.74, 6) is 0. The van der Waals surface area contributed by atoms with Gasteiger partial charge in [-0.25, -0.2) is 0 Å².